The summed E-state index contributed by atoms with van der Waals surface area (Å²) in [6.45, 7) is 5.20. The Kier molecular flexibility index (Phi) is 4.83. The zero-order valence-corrected chi connectivity index (χ0v) is 14.3. The van der Waals surface area contributed by atoms with Crippen molar-refractivity contribution in [3.63, 3.8) is 0 Å². The second kappa shape index (κ2) is 7.04. The van der Waals surface area contributed by atoms with Crippen LogP contribution in [-0.4, -0.2) is 45.1 Å². The van der Waals surface area contributed by atoms with Gasteiger partial charge in [-0.15, -0.1) is 0 Å². The Bertz CT molecular complexity index is 767. The van der Waals surface area contributed by atoms with Gasteiger partial charge in [0.15, 0.2) is 5.82 Å². The minimum atomic E-state index is -1.00. The number of aromatic carboxylic acids is 1. The Morgan fingerprint density at radius 1 is 1.24 bits per heavy atom. The van der Waals surface area contributed by atoms with Crippen LogP contribution >= 0.6 is 0 Å². The van der Waals surface area contributed by atoms with E-state index < -0.39 is 5.97 Å². The molecule has 1 saturated heterocycles. The van der Waals surface area contributed by atoms with Crippen molar-refractivity contribution in [2.75, 3.05) is 13.1 Å². The fraction of sp³-hybridized carbons (Fsp3) is 0.444. The molecule has 0 aliphatic carbocycles. The first-order chi connectivity index (χ1) is 12.0. The third kappa shape index (κ3) is 3.70. The molecule has 7 heteroatoms. The molecule has 2 heterocycles. The Labute approximate surface area is 145 Å². The summed E-state index contributed by atoms with van der Waals surface area (Å²) in [5.41, 5.74) is 0.655. The summed E-state index contributed by atoms with van der Waals surface area (Å²) in [5.74, 6) is 0.400. The van der Waals surface area contributed by atoms with Crippen LogP contribution in [0.2, 0.25) is 0 Å². The first kappa shape index (κ1) is 17.1. The minimum Gasteiger partial charge on any atom is -0.478 e. The first-order valence-electron chi connectivity index (χ1n) is 8.42. The van der Waals surface area contributed by atoms with E-state index in [-0.39, 0.29) is 23.3 Å². The number of benzene rings is 1. The molecule has 1 unspecified atom stereocenters. The largest absolute Gasteiger partial charge is 0.478 e. The van der Waals surface area contributed by atoms with Crippen molar-refractivity contribution in [1.29, 1.82) is 0 Å². The molecule has 25 heavy (non-hydrogen) atoms. The predicted molar refractivity (Wildman–Crippen MR) is 89.7 cm³/mol. The van der Waals surface area contributed by atoms with E-state index in [1.54, 1.807) is 17.0 Å². The van der Waals surface area contributed by atoms with Gasteiger partial charge in [-0.1, -0.05) is 19.0 Å². The van der Waals surface area contributed by atoms with Gasteiger partial charge in [-0.05, 0) is 37.1 Å². The highest BCUT2D eigenvalue weighted by Gasteiger charge is 2.29. The number of amides is 1. The van der Waals surface area contributed by atoms with Crippen molar-refractivity contribution < 1.29 is 19.2 Å². The number of aromatic nitrogens is 2. The van der Waals surface area contributed by atoms with Crippen LogP contribution in [-0.2, 0) is 0 Å². The van der Waals surface area contributed by atoms with Gasteiger partial charge < -0.3 is 14.5 Å². The molecule has 0 radical (unpaired) electrons. The molecule has 0 spiro atoms. The third-order valence-corrected chi connectivity index (χ3v) is 4.40. The summed E-state index contributed by atoms with van der Waals surface area (Å²) in [5, 5.41) is 13.0. The van der Waals surface area contributed by atoms with Gasteiger partial charge >= 0.3 is 5.97 Å². The van der Waals surface area contributed by atoms with Crippen molar-refractivity contribution in [2.45, 2.75) is 38.5 Å². The Morgan fingerprint density at radius 3 is 2.52 bits per heavy atom. The number of carbonyl (C=O) groups is 2. The number of carboxylic acid groups (broad SMARTS) is 1. The van der Waals surface area contributed by atoms with E-state index in [1.165, 1.54) is 12.1 Å². The zero-order valence-electron chi connectivity index (χ0n) is 14.3. The van der Waals surface area contributed by atoms with Crippen molar-refractivity contribution in [2.24, 2.45) is 0 Å². The lowest BCUT2D eigenvalue weighted by molar-refractivity contribution is 0.0686. The maximum atomic E-state index is 12.7. The molecule has 1 aromatic heterocycles. The van der Waals surface area contributed by atoms with Crippen molar-refractivity contribution in [1.82, 2.24) is 15.0 Å². The lowest BCUT2D eigenvalue weighted by Gasteiger charge is -2.31. The maximum absolute atomic E-state index is 12.7. The van der Waals surface area contributed by atoms with E-state index >= 15 is 0 Å². The molecule has 1 aliphatic heterocycles. The van der Waals surface area contributed by atoms with Gasteiger partial charge in [0.25, 0.3) is 5.91 Å². The topological polar surface area (TPSA) is 96.5 Å². The molecule has 132 valence electrons. The third-order valence-electron chi connectivity index (χ3n) is 4.40. The SMILES string of the molecule is CC(C)c1nc(C2CCCN(C(=O)c3ccc(C(=O)O)cc3)C2)no1. The molecule has 7 nitrogen and oxygen atoms in total. The molecule has 1 N–H and O–H groups in total. The van der Waals surface area contributed by atoms with Gasteiger partial charge in [-0.3, -0.25) is 4.79 Å². The summed E-state index contributed by atoms with van der Waals surface area (Å²) in [4.78, 5) is 29.8. The highest BCUT2D eigenvalue weighted by molar-refractivity contribution is 5.96. The highest BCUT2D eigenvalue weighted by atomic mass is 16.5. The van der Waals surface area contributed by atoms with E-state index in [1.807, 2.05) is 13.8 Å². The highest BCUT2D eigenvalue weighted by Crippen LogP contribution is 2.27. The van der Waals surface area contributed by atoms with Gasteiger partial charge in [-0.2, -0.15) is 4.98 Å². The fourth-order valence-corrected chi connectivity index (χ4v) is 2.96. The molecule has 1 atom stereocenters. The smallest absolute Gasteiger partial charge is 0.335 e. The molecule has 1 aromatic carbocycles. The van der Waals surface area contributed by atoms with E-state index in [4.69, 9.17) is 9.63 Å². The van der Waals surface area contributed by atoms with E-state index in [9.17, 15) is 9.59 Å². The normalized spacial score (nSPS) is 17.7. The number of carbonyl (C=O) groups excluding carboxylic acids is 1. The van der Waals surface area contributed by atoms with Crippen LogP contribution in [0.4, 0.5) is 0 Å². The number of piperidine rings is 1. The van der Waals surface area contributed by atoms with Crippen LogP contribution in [0.25, 0.3) is 0 Å². The number of carboxylic acids is 1. The van der Waals surface area contributed by atoms with Crippen molar-refractivity contribution in [3.05, 3.63) is 47.1 Å². The molecule has 1 fully saturated rings. The Balaban J connectivity index is 1.71. The Morgan fingerprint density at radius 2 is 1.92 bits per heavy atom. The van der Waals surface area contributed by atoms with Crippen LogP contribution in [0.5, 0.6) is 0 Å². The molecule has 0 bridgehead atoms. The Hall–Kier alpha value is -2.70. The second-order valence-corrected chi connectivity index (χ2v) is 6.62. The van der Waals surface area contributed by atoms with Crippen LogP contribution in [0.15, 0.2) is 28.8 Å². The van der Waals surface area contributed by atoms with Gasteiger partial charge in [0.05, 0.1) is 5.56 Å². The minimum absolute atomic E-state index is 0.0623. The van der Waals surface area contributed by atoms with Gasteiger partial charge in [-0.25, -0.2) is 4.79 Å². The van der Waals surface area contributed by atoms with Gasteiger partial charge in [0, 0.05) is 30.5 Å². The summed E-state index contributed by atoms with van der Waals surface area (Å²) in [6, 6.07) is 6.01. The van der Waals surface area contributed by atoms with Crippen LogP contribution in [0.1, 0.15) is 71.0 Å². The average molecular weight is 343 g/mol. The molecular weight excluding hydrogens is 322 g/mol. The monoisotopic (exact) mass is 343 g/mol. The fourth-order valence-electron chi connectivity index (χ4n) is 2.96. The zero-order chi connectivity index (χ0) is 18.0. The summed E-state index contributed by atoms with van der Waals surface area (Å²) >= 11 is 0. The lowest BCUT2D eigenvalue weighted by atomic mass is 9.96. The summed E-state index contributed by atoms with van der Waals surface area (Å²) in [6.07, 6.45) is 1.79. The summed E-state index contributed by atoms with van der Waals surface area (Å²) < 4.78 is 5.28. The second-order valence-electron chi connectivity index (χ2n) is 6.62. The van der Waals surface area contributed by atoms with Crippen LogP contribution < -0.4 is 0 Å². The van der Waals surface area contributed by atoms with E-state index in [2.05, 4.69) is 10.1 Å². The quantitative estimate of drug-likeness (QED) is 0.917. The number of nitrogens with zero attached hydrogens (tertiary/aromatic N) is 3. The number of rotatable bonds is 4. The van der Waals surface area contributed by atoms with Crippen molar-refractivity contribution in [3.8, 4) is 0 Å². The number of hydrogen-bond donors (Lipinski definition) is 1. The maximum Gasteiger partial charge on any atom is 0.335 e. The standard InChI is InChI=1S/C18H21N3O4/c1-11(2)16-19-15(20-25-16)14-4-3-9-21(10-14)17(22)12-5-7-13(8-6-12)18(23)24/h5-8,11,14H,3-4,9-10H2,1-2H3,(H,23,24). The summed E-state index contributed by atoms with van der Waals surface area (Å²) in [7, 11) is 0. The predicted octanol–water partition coefficient (Wildman–Crippen LogP) is 2.91. The first-order valence-corrected chi connectivity index (χ1v) is 8.42. The molecule has 0 saturated carbocycles. The van der Waals surface area contributed by atoms with Crippen molar-refractivity contribution >= 4 is 11.9 Å². The molecule has 2 aromatic rings. The number of hydrogen-bond acceptors (Lipinski definition) is 5. The average Bonchev–Trinajstić information content (AvgIpc) is 3.12. The molecule has 1 aliphatic rings. The van der Waals surface area contributed by atoms with E-state index in [0.717, 1.165) is 12.8 Å². The lowest BCUT2D eigenvalue weighted by Crippen LogP contribution is -2.39. The molecule has 3 rings (SSSR count). The van der Waals surface area contributed by atoms with Crippen LogP contribution in [0, 0.1) is 0 Å². The molecule has 1 amide bonds. The van der Waals surface area contributed by atoms with Gasteiger partial charge in [0.1, 0.15) is 0 Å². The van der Waals surface area contributed by atoms with Crippen LogP contribution in [0.3, 0.4) is 0 Å². The molecular formula is C18H21N3O4. The van der Waals surface area contributed by atoms with Gasteiger partial charge in [0.2, 0.25) is 5.89 Å². The number of likely N-dealkylation sites (tertiary alicyclic amines) is 1. The van der Waals surface area contributed by atoms with E-state index in [0.29, 0.717) is 30.4 Å².